The van der Waals surface area contributed by atoms with Crippen molar-refractivity contribution in [1.82, 2.24) is 5.32 Å². The number of aryl methyl sites for hydroxylation is 1. The first kappa shape index (κ1) is 21.4. The number of methoxy groups -OCH3 is 1. The summed E-state index contributed by atoms with van der Waals surface area (Å²) in [4.78, 5) is 25.6. The second-order valence-corrected chi connectivity index (χ2v) is 7.52. The highest BCUT2D eigenvalue weighted by molar-refractivity contribution is 7.14. The van der Waals surface area contributed by atoms with Gasteiger partial charge in [0.2, 0.25) is 5.91 Å². The summed E-state index contributed by atoms with van der Waals surface area (Å²) in [5, 5.41) is 4.52. The molecule has 1 aromatic heterocycles. The van der Waals surface area contributed by atoms with E-state index in [0.29, 0.717) is 16.7 Å². The lowest BCUT2D eigenvalue weighted by Crippen LogP contribution is -2.32. The van der Waals surface area contributed by atoms with Crippen LogP contribution in [-0.4, -0.2) is 25.5 Å². The van der Waals surface area contributed by atoms with Gasteiger partial charge in [0, 0.05) is 4.88 Å². The van der Waals surface area contributed by atoms with Gasteiger partial charge in [-0.15, -0.1) is 11.3 Å². The summed E-state index contributed by atoms with van der Waals surface area (Å²) in [5.41, 5.74) is 1.28. The summed E-state index contributed by atoms with van der Waals surface area (Å²) in [6, 6.07) is 10.7. The molecular formula is C21H17F3N2O3S. The summed E-state index contributed by atoms with van der Waals surface area (Å²) < 4.78 is 44.9. The van der Waals surface area contributed by atoms with Crippen molar-refractivity contribution in [3.63, 3.8) is 0 Å². The molecule has 156 valence electrons. The van der Waals surface area contributed by atoms with Crippen molar-refractivity contribution in [3.8, 4) is 16.9 Å². The predicted molar refractivity (Wildman–Crippen MR) is 108 cm³/mol. The molecule has 0 aliphatic rings. The summed E-state index contributed by atoms with van der Waals surface area (Å²) in [6.45, 7) is 1.41. The van der Waals surface area contributed by atoms with Crippen LogP contribution in [0.1, 0.15) is 14.5 Å². The van der Waals surface area contributed by atoms with Gasteiger partial charge in [-0.3, -0.25) is 9.59 Å². The van der Waals surface area contributed by atoms with Gasteiger partial charge in [0.05, 0.1) is 24.2 Å². The number of halogens is 3. The standard InChI is InChI=1S/C21H17F3N2O3S/c1-11-14(12-3-5-13(29-2)6-4-12)9-17(30-11)21(28)25-10-18(27)26-16-8-7-15(22)19(23)20(16)24/h3-9H,10H2,1-2H3,(H,25,28)(H,26,27). The van der Waals surface area contributed by atoms with E-state index in [1.54, 1.807) is 13.2 Å². The molecule has 0 saturated heterocycles. The first-order chi connectivity index (χ1) is 14.3. The Hall–Kier alpha value is -3.33. The van der Waals surface area contributed by atoms with Crippen LogP contribution in [0.2, 0.25) is 0 Å². The zero-order valence-electron chi connectivity index (χ0n) is 16.0. The van der Waals surface area contributed by atoms with Crippen LogP contribution in [0.3, 0.4) is 0 Å². The van der Waals surface area contributed by atoms with Crippen molar-refractivity contribution < 1.29 is 27.5 Å². The van der Waals surface area contributed by atoms with Crippen molar-refractivity contribution in [2.75, 3.05) is 19.0 Å². The molecule has 0 aliphatic carbocycles. The van der Waals surface area contributed by atoms with Crippen LogP contribution in [0.4, 0.5) is 18.9 Å². The van der Waals surface area contributed by atoms with E-state index in [1.165, 1.54) is 11.3 Å². The molecule has 30 heavy (non-hydrogen) atoms. The average Bonchev–Trinajstić information content (AvgIpc) is 3.14. The Balaban J connectivity index is 1.64. The van der Waals surface area contributed by atoms with Gasteiger partial charge in [-0.05, 0) is 48.4 Å². The van der Waals surface area contributed by atoms with Crippen LogP contribution in [0.25, 0.3) is 11.1 Å². The molecule has 2 N–H and O–H groups in total. The molecule has 5 nitrogen and oxygen atoms in total. The Labute approximate surface area is 174 Å². The largest absolute Gasteiger partial charge is 0.497 e. The molecule has 2 amide bonds. The van der Waals surface area contributed by atoms with Crippen molar-refractivity contribution in [2.24, 2.45) is 0 Å². The van der Waals surface area contributed by atoms with Gasteiger partial charge < -0.3 is 15.4 Å². The molecule has 0 aliphatic heterocycles. The van der Waals surface area contributed by atoms with Gasteiger partial charge in [-0.1, -0.05) is 12.1 Å². The van der Waals surface area contributed by atoms with E-state index in [9.17, 15) is 22.8 Å². The van der Waals surface area contributed by atoms with E-state index in [4.69, 9.17) is 4.74 Å². The first-order valence-electron chi connectivity index (χ1n) is 8.76. The molecule has 0 atom stereocenters. The first-order valence-corrected chi connectivity index (χ1v) is 9.58. The zero-order valence-corrected chi connectivity index (χ0v) is 16.8. The summed E-state index contributed by atoms with van der Waals surface area (Å²) in [6.07, 6.45) is 0. The highest BCUT2D eigenvalue weighted by Crippen LogP contribution is 2.32. The van der Waals surface area contributed by atoms with Crippen LogP contribution in [0.5, 0.6) is 5.75 Å². The van der Waals surface area contributed by atoms with Gasteiger partial charge in [0.25, 0.3) is 5.91 Å². The number of rotatable bonds is 6. The van der Waals surface area contributed by atoms with E-state index >= 15 is 0 Å². The minimum atomic E-state index is -1.68. The number of amides is 2. The highest BCUT2D eigenvalue weighted by atomic mass is 32.1. The van der Waals surface area contributed by atoms with E-state index in [-0.39, 0.29) is 0 Å². The molecule has 2 aromatic carbocycles. The molecule has 3 aromatic rings. The third kappa shape index (κ3) is 4.62. The lowest BCUT2D eigenvalue weighted by atomic mass is 10.1. The lowest BCUT2D eigenvalue weighted by molar-refractivity contribution is -0.115. The summed E-state index contributed by atoms with van der Waals surface area (Å²) >= 11 is 1.26. The number of benzene rings is 2. The Morgan fingerprint density at radius 1 is 1.03 bits per heavy atom. The number of nitrogens with one attached hydrogen (secondary N) is 2. The number of thiophene rings is 1. The Morgan fingerprint density at radius 2 is 1.73 bits per heavy atom. The van der Waals surface area contributed by atoms with Gasteiger partial charge in [0.15, 0.2) is 17.5 Å². The van der Waals surface area contributed by atoms with E-state index < -0.39 is 41.5 Å². The molecule has 1 heterocycles. The Morgan fingerprint density at radius 3 is 2.40 bits per heavy atom. The van der Waals surface area contributed by atoms with Crippen molar-refractivity contribution in [3.05, 3.63) is 69.7 Å². The van der Waals surface area contributed by atoms with Crippen molar-refractivity contribution in [1.29, 1.82) is 0 Å². The number of carbonyl (C=O) groups is 2. The molecular weight excluding hydrogens is 417 g/mol. The second-order valence-electron chi connectivity index (χ2n) is 6.26. The smallest absolute Gasteiger partial charge is 0.261 e. The maximum Gasteiger partial charge on any atom is 0.261 e. The quantitative estimate of drug-likeness (QED) is 0.561. The Kier molecular flexibility index (Phi) is 6.41. The average molecular weight is 434 g/mol. The minimum Gasteiger partial charge on any atom is -0.497 e. The third-order valence-corrected chi connectivity index (χ3v) is 5.31. The summed E-state index contributed by atoms with van der Waals surface area (Å²) in [7, 11) is 1.57. The number of hydrogen-bond acceptors (Lipinski definition) is 4. The molecule has 0 spiro atoms. The molecule has 0 bridgehead atoms. The van der Waals surface area contributed by atoms with Gasteiger partial charge in [-0.2, -0.15) is 0 Å². The molecule has 0 unspecified atom stereocenters. The van der Waals surface area contributed by atoms with E-state index in [1.807, 2.05) is 31.2 Å². The fraction of sp³-hybridized carbons (Fsp3) is 0.143. The Bertz CT molecular complexity index is 1100. The number of carbonyl (C=O) groups excluding carboxylic acids is 2. The monoisotopic (exact) mass is 434 g/mol. The van der Waals surface area contributed by atoms with Gasteiger partial charge in [-0.25, -0.2) is 13.2 Å². The van der Waals surface area contributed by atoms with E-state index in [0.717, 1.165) is 22.1 Å². The maximum atomic E-state index is 13.6. The summed E-state index contributed by atoms with van der Waals surface area (Å²) in [5.74, 6) is -5.10. The van der Waals surface area contributed by atoms with E-state index in [2.05, 4.69) is 10.6 Å². The molecule has 3 rings (SSSR count). The number of hydrogen-bond donors (Lipinski definition) is 2. The van der Waals surface area contributed by atoms with Crippen LogP contribution >= 0.6 is 11.3 Å². The molecule has 0 radical (unpaired) electrons. The van der Waals surface area contributed by atoms with Crippen molar-refractivity contribution >= 4 is 28.8 Å². The molecule has 9 heteroatoms. The van der Waals surface area contributed by atoms with Crippen LogP contribution in [-0.2, 0) is 4.79 Å². The van der Waals surface area contributed by atoms with Crippen LogP contribution in [0, 0.1) is 24.4 Å². The number of ether oxygens (including phenoxy) is 1. The normalized spacial score (nSPS) is 10.6. The van der Waals surface area contributed by atoms with Crippen LogP contribution in [0.15, 0.2) is 42.5 Å². The minimum absolute atomic E-state index is 0.394. The van der Waals surface area contributed by atoms with Crippen molar-refractivity contribution in [2.45, 2.75) is 6.92 Å². The van der Waals surface area contributed by atoms with Crippen LogP contribution < -0.4 is 15.4 Å². The second kappa shape index (κ2) is 9.00. The fourth-order valence-corrected chi connectivity index (χ4v) is 3.67. The number of anilines is 1. The predicted octanol–water partition coefficient (Wildman–Crippen LogP) is 4.52. The van der Waals surface area contributed by atoms with Gasteiger partial charge in [0.1, 0.15) is 5.75 Å². The lowest BCUT2D eigenvalue weighted by Gasteiger charge is -2.08. The molecule has 0 saturated carbocycles. The SMILES string of the molecule is COc1ccc(-c2cc(C(=O)NCC(=O)Nc3ccc(F)c(F)c3F)sc2C)cc1. The third-order valence-electron chi connectivity index (χ3n) is 4.26. The maximum absolute atomic E-state index is 13.6. The van der Waals surface area contributed by atoms with Gasteiger partial charge >= 0.3 is 0 Å². The fourth-order valence-electron chi connectivity index (χ4n) is 2.72. The highest BCUT2D eigenvalue weighted by Gasteiger charge is 2.17. The zero-order chi connectivity index (χ0) is 21.8. The topological polar surface area (TPSA) is 67.4 Å². The molecule has 0 fully saturated rings.